The van der Waals surface area contributed by atoms with Gasteiger partial charge in [0.25, 0.3) is 5.91 Å². The van der Waals surface area contributed by atoms with Crippen LogP contribution in [-0.2, 0) is 9.53 Å². The van der Waals surface area contributed by atoms with Gasteiger partial charge in [-0.2, -0.15) is 0 Å². The molecule has 1 heterocycles. The molecule has 1 fully saturated rings. The minimum atomic E-state index is -0.997. The van der Waals surface area contributed by atoms with E-state index in [-0.39, 0.29) is 0 Å². The van der Waals surface area contributed by atoms with E-state index < -0.39 is 24.0 Å². The number of ether oxygens (including phenoxy) is 1. The number of aryl methyl sites for hydroxylation is 2. The number of benzene rings is 1. The summed E-state index contributed by atoms with van der Waals surface area (Å²) in [6.45, 7) is 6.02. The molecule has 2 rings (SSSR count). The van der Waals surface area contributed by atoms with E-state index in [1.165, 1.54) is 6.92 Å². The minimum Gasteiger partial charge on any atom is -0.449 e. The van der Waals surface area contributed by atoms with Gasteiger partial charge in [0.05, 0.1) is 5.56 Å². The van der Waals surface area contributed by atoms with Crippen molar-refractivity contribution in [3.05, 3.63) is 34.9 Å². The SMILES string of the molecule is Cc1ccc(C(=O)OC(C)C(=O)N2CCNC2=O)cc1C. The molecule has 1 aromatic carbocycles. The Bertz CT molecular complexity index is 597. The van der Waals surface area contributed by atoms with E-state index in [0.29, 0.717) is 18.7 Å². The van der Waals surface area contributed by atoms with E-state index in [2.05, 4.69) is 5.32 Å². The van der Waals surface area contributed by atoms with Crippen LogP contribution in [0.25, 0.3) is 0 Å². The molecule has 21 heavy (non-hydrogen) atoms. The maximum absolute atomic E-state index is 12.0. The molecule has 1 atom stereocenters. The third kappa shape index (κ3) is 3.21. The van der Waals surface area contributed by atoms with Crippen LogP contribution in [-0.4, -0.2) is 42.0 Å². The first kappa shape index (κ1) is 15.0. The van der Waals surface area contributed by atoms with Crippen molar-refractivity contribution in [2.24, 2.45) is 0 Å². The van der Waals surface area contributed by atoms with Crippen LogP contribution in [0.15, 0.2) is 18.2 Å². The molecule has 112 valence electrons. The van der Waals surface area contributed by atoms with E-state index in [0.717, 1.165) is 16.0 Å². The Labute approximate surface area is 123 Å². The Balaban J connectivity index is 2.03. The van der Waals surface area contributed by atoms with Crippen molar-refractivity contribution in [1.29, 1.82) is 0 Å². The monoisotopic (exact) mass is 290 g/mol. The maximum atomic E-state index is 12.0. The molecule has 1 unspecified atom stereocenters. The number of rotatable bonds is 3. The normalized spacial score (nSPS) is 15.6. The summed E-state index contributed by atoms with van der Waals surface area (Å²) in [5, 5.41) is 2.53. The summed E-state index contributed by atoms with van der Waals surface area (Å²) < 4.78 is 5.14. The molecule has 6 heteroatoms. The van der Waals surface area contributed by atoms with Gasteiger partial charge in [0.15, 0.2) is 6.10 Å². The molecule has 0 spiro atoms. The Morgan fingerprint density at radius 1 is 1.29 bits per heavy atom. The number of esters is 1. The topological polar surface area (TPSA) is 75.7 Å². The second-order valence-corrected chi connectivity index (χ2v) is 5.07. The number of amides is 3. The van der Waals surface area contributed by atoms with E-state index in [1.54, 1.807) is 12.1 Å². The van der Waals surface area contributed by atoms with Gasteiger partial charge in [0.2, 0.25) is 0 Å². The second-order valence-electron chi connectivity index (χ2n) is 5.07. The number of carbonyl (C=O) groups excluding carboxylic acids is 3. The Hall–Kier alpha value is -2.37. The lowest BCUT2D eigenvalue weighted by Crippen LogP contribution is -2.41. The summed E-state index contributed by atoms with van der Waals surface area (Å²) >= 11 is 0. The molecule has 1 saturated heterocycles. The highest BCUT2D eigenvalue weighted by atomic mass is 16.5. The predicted octanol–water partition coefficient (Wildman–Crippen LogP) is 1.40. The van der Waals surface area contributed by atoms with Gasteiger partial charge in [-0.05, 0) is 44.0 Å². The van der Waals surface area contributed by atoms with Gasteiger partial charge in [-0.25, -0.2) is 9.59 Å². The van der Waals surface area contributed by atoms with Crippen LogP contribution in [0, 0.1) is 13.8 Å². The molecule has 1 N–H and O–H groups in total. The van der Waals surface area contributed by atoms with Gasteiger partial charge < -0.3 is 10.1 Å². The van der Waals surface area contributed by atoms with Crippen LogP contribution < -0.4 is 5.32 Å². The average molecular weight is 290 g/mol. The standard InChI is InChI=1S/C15H18N2O4/c1-9-4-5-12(8-10(9)2)14(19)21-11(3)13(18)17-7-6-16-15(17)20/h4-5,8,11H,6-7H2,1-3H3,(H,16,20). The van der Waals surface area contributed by atoms with E-state index in [1.807, 2.05) is 19.9 Å². The van der Waals surface area contributed by atoms with Crippen LogP contribution in [0.2, 0.25) is 0 Å². The molecule has 3 amide bonds. The second kappa shape index (κ2) is 5.95. The van der Waals surface area contributed by atoms with Crippen LogP contribution in [0.1, 0.15) is 28.4 Å². The highest BCUT2D eigenvalue weighted by Gasteiger charge is 2.31. The lowest BCUT2D eigenvalue weighted by Gasteiger charge is -2.18. The molecule has 1 aromatic rings. The summed E-state index contributed by atoms with van der Waals surface area (Å²) in [6.07, 6.45) is -0.997. The fraction of sp³-hybridized carbons (Fsp3) is 0.400. The molecule has 1 aliphatic heterocycles. The number of hydrogen-bond acceptors (Lipinski definition) is 4. The summed E-state index contributed by atoms with van der Waals surface area (Å²) in [4.78, 5) is 36.5. The fourth-order valence-electron chi connectivity index (χ4n) is 2.05. The minimum absolute atomic E-state index is 0.295. The van der Waals surface area contributed by atoms with Gasteiger partial charge in [0, 0.05) is 13.1 Å². The first-order valence-electron chi connectivity index (χ1n) is 6.77. The molecule has 6 nitrogen and oxygen atoms in total. The van der Waals surface area contributed by atoms with Gasteiger partial charge in [-0.15, -0.1) is 0 Å². The zero-order valence-corrected chi connectivity index (χ0v) is 12.3. The van der Waals surface area contributed by atoms with Crippen molar-refractivity contribution < 1.29 is 19.1 Å². The zero-order valence-electron chi connectivity index (χ0n) is 12.3. The van der Waals surface area contributed by atoms with E-state index in [4.69, 9.17) is 4.74 Å². The van der Waals surface area contributed by atoms with Crippen LogP contribution >= 0.6 is 0 Å². The van der Waals surface area contributed by atoms with Gasteiger partial charge in [0.1, 0.15) is 0 Å². The van der Waals surface area contributed by atoms with Crippen molar-refractivity contribution >= 4 is 17.9 Å². The third-order valence-corrected chi connectivity index (χ3v) is 3.50. The highest BCUT2D eigenvalue weighted by Crippen LogP contribution is 2.12. The molecule has 1 aliphatic rings. The predicted molar refractivity (Wildman–Crippen MR) is 75.9 cm³/mol. The van der Waals surface area contributed by atoms with Crippen molar-refractivity contribution in [3.63, 3.8) is 0 Å². The first-order valence-corrected chi connectivity index (χ1v) is 6.77. The quantitative estimate of drug-likeness (QED) is 0.854. The van der Waals surface area contributed by atoms with Crippen molar-refractivity contribution in [2.75, 3.05) is 13.1 Å². The van der Waals surface area contributed by atoms with Crippen LogP contribution in [0.4, 0.5) is 4.79 Å². The first-order chi connectivity index (χ1) is 9.90. The molecular formula is C15H18N2O4. The molecule has 0 aliphatic carbocycles. The summed E-state index contributed by atoms with van der Waals surface area (Å²) in [7, 11) is 0. The largest absolute Gasteiger partial charge is 0.449 e. The average Bonchev–Trinajstić information content (AvgIpc) is 2.87. The number of nitrogens with zero attached hydrogens (tertiary/aromatic N) is 1. The van der Waals surface area contributed by atoms with E-state index in [9.17, 15) is 14.4 Å². The lowest BCUT2D eigenvalue weighted by molar-refractivity contribution is -0.136. The number of hydrogen-bond donors (Lipinski definition) is 1. The Kier molecular flexibility index (Phi) is 4.26. The van der Waals surface area contributed by atoms with Gasteiger partial charge in [-0.1, -0.05) is 6.07 Å². The summed E-state index contributed by atoms with van der Waals surface area (Å²) in [6, 6.07) is 4.75. The van der Waals surface area contributed by atoms with Crippen LogP contribution in [0.3, 0.4) is 0 Å². The smallest absolute Gasteiger partial charge is 0.338 e. The molecule has 0 saturated carbocycles. The van der Waals surface area contributed by atoms with E-state index >= 15 is 0 Å². The van der Waals surface area contributed by atoms with Crippen LogP contribution in [0.5, 0.6) is 0 Å². The van der Waals surface area contributed by atoms with Gasteiger partial charge >= 0.3 is 12.0 Å². The number of carbonyl (C=O) groups is 3. The fourth-order valence-corrected chi connectivity index (χ4v) is 2.05. The highest BCUT2D eigenvalue weighted by molar-refractivity contribution is 5.99. The number of urea groups is 1. The van der Waals surface area contributed by atoms with Crippen molar-refractivity contribution in [3.8, 4) is 0 Å². The van der Waals surface area contributed by atoms with Gasteiger partial charge in [-0.3, -0.25) is 9.69 Å². The maximum Gasteiger partial charge on any atom is 0.338 e. The number of nitrogens with one attached hydrogen (secondary N) is 1. The van der Waals surface area contributed by atoms with Crippen molar-refractivity contribution in [1.82, 2.24) is 10.2 Å². The Morgan fingerprint density at radius 3 is 2.57 bits per heavy atom. The lowest BCUT2D eigenvalue weighted by atomic mass is 10.1. The third-order valence-electron chi connectivity index (χ3n) is 3.50. The number of imide groups is 1. The summed E-state index contributed by atoms with van der Waals surface area (Å²) in [5.41, 5.74) is 2.44. The molecular weight excluding hydrogens is 272 g/mol. The summed E-state index contributed by atoms with van der Waals surface area (Å²) in [5.74, 6) is -1.08. The molecule has 0 radical (unpaired) electrons. The molecule has 0 aromatic heterocycles. The zero-order chi connectivity index (χ0) is 15.6. The van der Waals surface area contributed by atoms with Crippen molar-refractivity contribution in [2.45, 2.75) is 26.9 Å². The molecule has 0 bridgehead atoms. The Morgan fingerprint density at radius 2 is 2.00 bits per heavy atom.